The summed E-state index contributed by atoms with van der Waals surface area (Å²) in [5, 5.41) is 0. The van der Waals surface area contributed by atoms with Gasteiger partial charge in [-0.05, 0) is 24.6 Å². The lowest BCUT2D eigenvalue weighted by atomic mass is 10.1. The van der Waals surface area contributed by atoms with Crippen LogP contribution in [0.4, 0.5) is 8.78 Å². The first-order valence-corrected chi connectivity index (χ1v) is 4.04. The van der Waals surface area contributed by atoms with Gasteiger partial charge in [-0.25, -0.2) is 0 Å². The molecule has 4 heteroatoms. The molecule has 0 unspecified atom stereocenters. The van der Waals surface area contributed by atoms with E-state index in [9.17, 15) is 8.78 Å². The summed E-state index contributed by atoms with van der Waals surface area (Å²) in [6, 6.07) is 4.59. The number of hydrogen-bond acceptors (Lipinski definition) is 2. The fraction of sp³-hybridized carbons (Fsp3) is 0.200. The molecular weight excluding hydrogens is 190 g/mol. The Hall–Kier alpha value is -1.58. The summed E-state index contributed by atoms with van der Waals surface area (Å²) in [7, 11) is 0. The quantitative estimate of drug-likeness (QED) is 0.690. The van der Waals surface area contributed by atoms with E-state index in [2.05, 4.69) is 16.1 Å². The standard InChI is InChI=1S/C10H8F2O2/c1-6(2)7-3-4-8-9(5-7)14-10(11,12)13-8/h3-5H,1H2,2H3. The highest BCUT2D eigenvalue weighted by molar-refractivity contribution is 5.64. The number of ether oxygens (including phenoxy) is 2. The largest absolute Gasteiger partial charge is 0.586 e. The Morgan fingerprint density at radius 1 is 1.29 bits per heavy atom. The molecule has 0 bridgehead atoms. The molecule has 74 valence electrons. The van der Waals surface area contributed by atoms with Crippen LogP contribution in [0.3, 0.4) is 0 Å². The molecule has 0 saturated carbocycles. The number of hydrogen-bond donors (Lipinski definition) is 0. The van der Waals surface area contributed by atoms with Crippen LogP contribution in [-0.2, 0) is 0 Å². The molecule has 1 heterocycles. The third-order valence-corrected chi connectivity index (χ3v) is 1.89. The molecule has 1 aromatic carbocycles. The predicted molar refractivity (Wildman–Crippen MR) is 47.4 cm³/mol. The summed E-state index contributed by atoms with van der Waals surface area (Å²) in [5.41, 5.74) is 1.54. The van der Waals surface area contributed by atoms with E-state index in [1.165, 1.54) is 12.1 Å². The van der Waals surface area contributed by atoms with Crippen molar-refractivity contribution in [3.05, 3.63) is 30.3 Å². The lowest BCUT2D eigenvalue weighted by Gasteiger charge is -2.04. The fourth-order valence-electron chi connectivity index (χ4n) is 1.21. The Kier molecular flexibility index (Phi) is 1.74. The van der Waals surface area contributed by atoms with Gasteiger partial charge in [0.2, 0.25) is 0 Å². The third-order valence-electron chi connectivity index (χ3n) is 1.89. The Morgan fingerprint density at radius 3 is 2.57 bits per heavy atom. The maximum absolute atomic E-state index is 12.6. The Bertz CT molecular complexity index is 399. The number of fused-ring (bicyclic) bond motifs is 1. The zero-order valence-corrected chi connectivity index (χ0v) is 7.51. The maximum atomic E-state index is 12.6. The van der Waals surface area contributed by atoms with Gasteiger partial charge in [-0.15, -0.1) is 8.78 Å². The van der Waals surface area contributed by atoms with E-state index in [1.807, 2.05) is 0 Å². The first-order chi connectivity index (χ1) is 6.48. The number of rotatable bonds is 1. The fourth-order valence-corrected chi connectivity index (χ4v) is 1.21. The first kappa shape index (κ1) is 8.99. The molecule has 0 N–H and O–H groups in total. The van der Waals surface area contributed by atoms with Gasteiger partial charge in [0.05, 0.1) is 0 Å². The lowest BCUT2D eigenvalue weighted by Crippen LogP contribution is -2.25. The van der Waals surface area contributed by atoms with E-state index in [0.29, 0.717) is 0 Å². The Morgan fingerprint density at radius 2 is 1.93 bits per heavy atom. The third kappa shape index (κ3) is 1.43. The van der Waals surface area contributed by atoms with E-state index in [0.717, 1.165) is 11.1 Å². The Balaban J connectivity index is 2.40. The Labute approximate surface area is 79.8 Å². The van der Waals surface area contributed by atoms with Crippen LogP contribution in [0.2, 0.25) is 0 Å². The molecule has 0 aliphatic carbocycles. The van der Waals surface area contributed by atoms with Crippen LogP contribution < -0.4 is 9.47 Å². The summed E-state index contributed by atoms with van der Waals surface area (Å²) in [4.78, 5) is 0. The van der Waals surface area contributed by atoms with E-state index in [4.69, 9.17) is 0 Å². The van der Waals surface area contributed by atoms with Crippen LogP contribution in [-0.4, -0.2) is 6.29 Å². The summed E-state index contributed by atoms with van der Waals surface area (Å²) >= 11 is 0. The smallest absolute Gasteiger partial charge is 0.395 e. The molecule has 14 heavy (non-hydrogen) atoms. The minimum absolute atomic E-state index is 0.0514. The SMILES string of the molecule is C=C(C)c1ccc2c(c1)OC(F)(F)O2. The second-order valence-electron chi connectivity index (χ2n) is 3.11. The molecule has 0 aromatic heterocycles. The average Bonchev–Trinajstić information content (AvgIpc) is 2.36. The summed E-state index contributed by atoms with van der Waals surface area (Å²) in [5.74, 6) is 0.107. The van der Waals surface area contributed by atoms with Gasteiger partial charge >= 0.3 is 6.29 Å². The number of alkyl halides is 2. The molecule has 2 nitrogen and oxygen atoms in total. The van der Waals surface area contributed by atoms with Crippen molar-refractivity contribution in [1.29, 1.82) is 0 Å². The van der Waals surface area contributed by atoms with Crippen molar-refractivity contribution in [2.45, 2.75) is 13.2 Å². The van der Waals surface area contributed by atoms with E-state index in [1.54, 1.807) is 13.0 Å². The van der Waals surface area contributed by atoms with Gasteiger partial charge in [0.1, 0.15) is 0 Å². The van der Waals surface area contributed by atoms with E-state index < -0.39 is 6.29 Å². The molecule has 0 amide bonds. The van der Waals surface area contributed by atoms with Crippen molar-refractivity contribution in [2.75, 3.05) is 0 Å². The van der Waals surface area contributed by atoms with Gasteiger partial charge < -0.3 is 9.47 Å². The summed E-state index contributed by atoms with van der Waals surface area (Å²) in [6.45, 7) is 5.49. The number of allylic oxidation sites excluding steroid dienone is 1. The van der Waals surface area contributed by atoms with Crippen molar-refractivity contribution in [2.24, 2.45) is 0 Å². The molecule has 0 atom stereocenters. The van der Waals surface area contributed by atoms with Gasteiger partial charge in [0.25, 0.3) is 0 Å². The molecule has 1 aliphatic rings. The van der Waals surface area contributed by atoms with E-state index in [-0.39, 0.29) is 11.5 Å². The van der Waals surface area contributed by atoms with Gasteiger partial charge in [-0.2, -0.15) is 0 Å². The van der Waals surface area contributed by atoms with Gasteiger partial charge in [0, 0.05) is 0 Å². The summed E-state index contributed by atoms with van der Waals surface area (Å²) in [6.07, 6.45) is -3.55. The minimum atomic E-state index is -3.55. The van der Waals surface area contributed by atoms with Crippen molar-refractivity contribution < 1.29 is 18.3 Å². The molecule has 0 saturated heterocycles. The zero-order chi connectivity index (χ0) is 10.3. The molecule has 0 fully saturated rings. The lowest BCUT2D eigenvalue weighted by molar-refractivity contribution is -0.286. The highest BCUT2D eigenvalue weighted by Crippen LogP contribution is 2.41. The second-order valence-corrected chi connectivity index (χ2v) is 3.11. The van der Waals surface area contributed by atoms with Crippen LogP contribution in [0.5, 0.6) is 11.5 Å². The van der Waals surface area contributed by atoms with E-state index >= 15 is 0 Å². The van der Waals surface area contributed by atoms with Crippen molar-refractivity contribution in [1.82, 2.24) is 0 Å². The number of benzene rings is 1. The van der Waals surface area contributed by atoms with Crippen LogP contribution in [0.1, 0.15) is 12.5 Å². The normalized spacial score (nSPS) is 16.8. The molecule has 1 aromatic rings. The zero-order valence-electron chi connectivity index (χ0n) is 7.51. The van der Waals surface area contributed by atoms with Gasteiger partial charge in [0.15, 0.2) is 11.5 Å². The van der Waals surface area contributed by atoms with Crippen LogP contribution in [0, 0.1) is 0 Å². The first-order valence-electron chi connectivity index (χ1n) is 4.04. The average molecular weight is 198 g/mol. The van der Waals surface area contributed by atoms with Gasteiger partial charge in [-0.3, -0.25) is 0 Å². The topological polar surface area (TPSA) is 18.5 Å². The molecule has 1 aliphatic heterocycles. The molecular formula is C10H8F2O2. The second kappa shape index (κ2) is 2.70. The highest BCUT2D eigenvalue weighted by Gasteiger charge is 2.43. The van der Waals surface area contributed by atoms with Crippen LogP contribution in [0.25, 0.3) is 5.57 Å². The monoisotopic (exact) mass is 198 g/mol. The van der Waals surface area contributed by atoms with Crippen molar-refractivity contribution >= 4 is 5.57 Å². The molecule has 0 spiro atoms. The molecule has 0 radical (unpaired) electrons. The minimum Gasteiger partial charge on any atom is -0.395 e. The van der Waals surface area contributed by atoms with Crippen LogP contribution in [0.15, 0.2) is 24.8 Å². The van der Waals surface area contributed by atoms with Crippen LogP contribution >= 0.6 is 0 Å². The van der Waals surface area contributed by atoms with Crippen molar-refractivity contribution in [3.63, 3.8) is 0 Å². The highest BCUT2D eigenvalue weighted by atomic mass is 19.3. The molecule has 2 rings (SSSR count). The summed E-state index contributed by atoms with van der Waals surface area (Å²) < 4.78 is 33.7. The maximum Gasteiger partial charge on any atom is 0.586 e. The van der Waals surface area contributed by atoms with Crippen molar-refractivity contribution in [3.8, 4) is 11.5 Å². The number of halogens is 2. The van der Waals surface area contributed by atoms with Gasteiger partial charge in [-0.1, -0.05) is 18.2 Å². The predicted octanol–water partition coefficient (Wildman–Crippen LogP) is 3.04.